The van der Waals surface area contributed by atoms with Crippen LogP contribution < -0.4 is 10.6 Å². The molecule has 2 saturated heterocycles. The van der Waals surface area contributed by atoms with Gasteiger partial charge in [0, 0.05) is 55.6 Å². The molecule has 2 aromatic rings. The van der Waals surface area contributed by atoms with E-state index in [4.69, 9.17) is 4.74 Å². The van der Waals surface area contributed by atoms with Gasteiger partial charge in [-0.25, -0.2) is 9.78 Å². The van der Waals surface area contributed by atoms with Gasteiger partial charge in [0.2, 0.25) is 0 Å². The second-order valence-electron chi connectivity index (χ2n) is 7.37. The lowest BCUT2D eigenvalue weighted by atomic mass is 9.95. The van der Waals surface area contributed by atoms with E-state index < -0.39 is 0 Å². The van der Waals surface area contributed by atoms with Crippen molar-refractivity contribution in [1.82, 2.24) is 19.8 Å². The molecule has 2 aliphatic heterocycles. The Bertz CT molecular complexity index is 753. The van der Waals surface area contributed by atoms with Crippen LogP contribution in [0.15, 0.2) is 43.0 Å². The molecule has 0 saturated carbocycles. The molecular weight excluding hydrogens is 374 g/mol. The summed E-state index contributed by atoms with van der Waals surface area (Å²) in [5.74, 6) is 2.22. The second-order valence-corrected chi connectivity index (χ2v) is 8.47. The maximum absolute atomic E-state index is 12.5. The number of hydrogen-bond donors (Lipinski definition) is 2. The van der Waals surface area contributed by atoms with Gasteiger partial charge in [-0.05, 0) is 29.9 Å². The molecule has 1 aromatic carbocycles. The number of morpholine rings is 1. The lowest BCUT2D eigenvalue weighted by Gasteiger charge is -2.43. The van der Waals surface area contributed by atoms with E-state index >= 15 is 0 Å². The standard InChI is InChI=1S/C20H27N5O2S/c26-19(22-14-20(5-12-28-15-20)25-8-10-27-11-9-25)23-18-3-1-17(2-4-18)13-24-7-6-21-16-24/h1-4,6-7,16H,5,8-15H2,(H2,22,23,26). The predicted molar refractivity (Wildman–Crippen MR) is 112 cm³/mol. The van der Waals surface area contributed by atoms with E-state index in [0.29, 0.717) is 6.54 Å². The van der Waals surface area contributed by atoms with Gasteiger partial charge in [-0.1, -0.05) is 12.1 Å². The number of thioether (sulfide) groups is 1. The number of hydrogen-bond acceptors (Lipinski definition) is 5. The minimum atomic E-state index is -0.146. The third kappa shape index (κ3) is 4.68. The van der Waals surface area contributed by atoms with Gasteiger partial charge >= 0.3 is 6.03 Å². The van der Waals surface area contributed by atoms with Crippen LogP contribution in [0.5, 0.6) is 0 Å². The van der Waals surface area contributed by atoms with E-state index in [1.54, 1.807) is 12.5 Å². The van der Waals surface area contributed by atoms with Crippen LogP contribution in [-0.2, 0) is 11.3 Å². The van der Waals surface area contributed by atoms with Crippen LogP contribution in [0.25, 0.3) is 0 Å². The summed E-state index contributed by atoms with van der Waals surface area (Å²) < 4.78 is 7.51. The lowest BCUT2D eigenvalue weighted by Crippen LogP contribution is -2.59. The molecule has 1 aromatic heterocycles. The van der Waals surface area contributed by atoms with Crippen molar-refractivity contribution in [1.29, 1.82) is 0 Å². The maximum Gasteiger partial charge on any atom is 0.319 e. The van der Waals surface area contributed by atoms with Gasteiger partial charge < -0.3 is 19.9 Å². The van der Waals surface area contributed by atoms with Crippen molar-refractivity contribution in [3.8, 4) is 0 Å². The van der Waals surface area contributed by atoms with E-state index in [2.05, 4.69) is 20.5 Å². The molecule has 0 bridgehead atoms. The summed E-state index contributed by atoms with van der Waals surface area (Å²) in [6.07, 6.45) is 6.62. The predicted octanol–water partition coefficient (Wildman–Crippen LogP) is 2.26. The molecular formula is C20H27N5O2S. The highest BCUT2D eigenvalue weighted by Gasteiger charge is 2.40. The average Bonchev–Trinajstić information content (AvgIpc) is 3.41. The first kappa shape index (κ1) is 19.3. The van der Waals surface area contributed by atoms with Crippen molar-refractivity contribution in [2.24, 2.45) is 0 Å². The fourth-order valence-corrected chi connectivity index (χ4v) is 5.32. The number of urea groups is 1. The minimum absolute atomic E-state index is 0.0560. The fourth-order valence-electron chi connectivity index (χ4n) is 3.84. The van der Waals surface area contributed by atoms with E-state index in [0.717, 1.165) is 56.5 Å². The van der Waals surface area contributed by atoms with E-state index in [1.807, 2.05) is 46.8 Å². The van der Waals surface area contributed by atoms with Crippen LogP contribution in [0, 0.1) is 0 Å². The molecule has 0 aliphatic carbocycles. The van der Waals surface area contributed by atoms with Crippen molar-refractivity contribution >= 4 is 23.5 Å². The quantitative estimate of drug-likeness (QED) is 0.777. The zero-order chi connectivity index (χ0) is 19.2. The smallest absolute Gasteiger partial charge is 0.319 e. The SMILES string of the molecule is O=C(NCC1(N2CCOCC2)CCSC1)Nc1ccc(Cn2ccnc2)cc1. The molecule has 7 nitrogen and oxygen atoms in total. The number of nitrogens with one attached hydrogen (secondary N) is 2. The van der Waals surface area contributed by atoms with Crippen molar-refractivity contribution in [3.63, 3.8) is 0 Å². The molecule has 1 atom stereocenters. The van der Waals surface area contributed by atoms with Gasteiger partial charge in [-0.15, -0.1) is 0 Å². The number of benzene rings is 1. The highest BCUT2D eigenvalue weighted by molar-refractivity contribution is 7.99. The molecule has 0 spiro atoms. The summed E-state index contributed by atoms with van der Waals surface area (Å²) in [7, 11) is 0. The van der Waals surface area contributed by atoms with Gasteiger partial charge in [0.05, 0.1) is 19.5 Å². The Morgan fingerprint density at radius 1 is 1.25 bits per heavy atom. The summed E-state index contributed by atoms with van der Waals surface area (Å²) in [4.78, 5) is 19.0. The number of carbonyl (C=O) groups is 1. The molecule has 28 heavy (non-hydrogen) atoms. The summed E-state index contributed by atoms with van der Waals surface area (Å²) >= 11 is 1.97. The van der Waals surface area contributed by atoms with Crippen LogP contribution in [-0.4, -0.2) is 70.4 Å². The molecule has 0 radical (unpaired) electrons. The minimum Gasteiger partial charge on any atom is -0.379 e. The zero-order valence-corrected chi connectivity index (χ0v) is 16.8. The number of anilines is 1. The molecule has 1 unspecified atom stereocenters. The largest absolute Gasteiger partial charge is 0.379 e. The summed E-state index contributed by atoms with van der Waals surface area (Å²) in [6, 6.07) is 7.79. The van der Waals surface area contributed by atoms with E-state index in [1.165, 1.54) is 5.56 Å². The Kier molecular flexibility index (Phi) is 6.19. The molecule has 2 amide bonds. The van der Waals surface area contributed by atoms with Crippen molar-refractivity contribution in [2.45, 2.75) is 18.5 Å². The number of rotatable bonds is 6. The second kappa shape index (κ2) is 8.98. The van der Waals surface area contributed by atoms with Gasteiger partial charge in [0.1, 0.15) is 0 Å². The third-order valence-electron chi connectivity index (χ3n) is 5.48. The highest BCUT2D eigenvalue weighted by atomic mass is 32.2. The Balaban J connectivity index is 1.29. The average molecular weight is 402 g/mol. The van der Waals surface area contributed by atoms with Crippen LogP contribution in [0.3, 0.4) is 0 Å². The maximum atomic E-state index is 12.5. The first-order valence-corrected chi connectivity index (χ1v) is 10.9. The normalized spacial score (nSPS) is 22.9. The summed E-state index contributed by atoms with van der Waals surface area (Å²) in [5.41, 5.74) is 2.02. The van der Waals surface area contributed by atoms with Crippen LogP contribution in [0.2, 0.25) is 0 Å². The van der Waals surface area contributed by atoms with Gasteiger partial charge in [0.15, 0.2) is 0 Å². The Morgan fingerprint density at radius 2 is 2.07 bits per heavy atom. The number of nitrogens with zero attached hydrogens (tertiary/aromatic N) is 3. The number of carbonyl (C=O) groups excluding carboxylic acids is 1. The van der Waals surface area contributed by atoms with Crippen LogP contribution in [0.4, 0.5) is 10.5 Å². The van der Waals surface area contributed by atoms with Crippen LogP contribution >= 0.6 is 11.8 Å². The van der Waals surface area contributed by atoms with Crippen LogP contribution in [0.1, 0.15) is 12.0 Å². The third-order valence-corrected chi connectivity index (χ3v) is 6.71. The molecule has 2 N–H and O–H groups in total. The Hall–Kier alpha value is -2.03. The number of imidazole rings is 1. The molecule has 4 rings (SSSR count). The van der Waals surface area contributed by atoms with Gasteiger partial charge in [0.25, 0.3) is 0 Å². The number of aromatic nitrogens is 2. The summed E-state index contributed by atoms with van der Waals surface area (Å²) in [5, 5.41) is 6.06. The molecule has 150 valence electrons. The van der Waals surface area contributed by atoms with Gasteiger partial charge in [-0.2, -0.15) is 11.8 Å². The lowest BCUT2D eigenvalue weighted by molar-refractivity contribution is -0.0123. The van der Waals surface area contributed by atoms with Gasteiger partial charge in [-0.3, -0.25) is 4.90 Å². The van der Waals surface area contributed by atoms with Crippen molar-refractivity contribution in [2.75, 3.05) is 49.7 Å². The zero-order valence-electron chi connectivity index (χ0n) is 16.0. The molecule has 8 heteroatoms. The Morgan fingerprint density at radius 3 is 2.75 bits per heavy atom. The summed E-state index contributed by atoms with van der Waals surface area (Å²) in [6.45, 7) is 4.90. The molecule has 2 aliphatic rings. The first-order chi connectivity index (χ1) is 13.7. The highest BCUT2D eigenvalue weighted by Crippen LogP contribution is 2.33. The van der Waals surface area contributed by atoms with E-state index in [-0.39, 0.29) is 11.6 Å². The number of amides is 2. The molecule has 3 heterocycles. The Labute approximate surface area is 169 Å². The topological polar surface area (TPSA) is 71.4 Å². The monoisotopic (exact) mass is 401 g/mol. The fraction of sp³-hybridized carbons (Fsp3) is 0.500. The van der Waals surface area contributed by atoms with Crippen molar-refractivity contribution < 1.29 is 9.53 Å². The molecule has 2 fully saturated rings. The van der Waals surface area contributed by atoms with Crippen molar-refractivity contribution in [3.05, 3.63) is 48.5 Å². The van der Waals surface area contributed by atoms with E-state index in [9.17, 15) is 4.79 Å². The number of ether oxygens (including phenoxy) is 1. The first-order valence-electron chi connectivity index (χ1n) is 9.74.